The van der Waals surface area contributed by atoms with Gasteiger partial charge in [-0.2, -0.15) is 12.1 Å². The molecule has 2 aromatic heterocycles. The zero-order valence-electron chi connectivity index (χ0n) is 39.5. The molecule has 332 valence electrons. The fourth-order valence-electron chi connectivity index (χ4n) is 8.02. The number of nitrogens with zero attached hydrogens (tertiary/aromatic N) is 3. The summed E-state index contributed by atoms with van der Waals surface area (Å²) in [7, 11) is 4.59. The second-order valence-electron chi connectivity index (χ2n) is 21.0. The quantitative estimate of drug-likeness (QED) is 0.154. The molecule has 6 heteroatoms. The molecule has 0 saturated heterocycles. The normalized spacial score (nSPS) is 12.3. The van der Waals surface area contributed by atoms with Crippen LogP contribution in [0, 0.1) is 19.2 Å². The Morgan fingerprint density at radius 3 is 1.89 bits per heavy atom. The Hall–Kier alpha value is -5.64. The molecule has 6 aromatic carbocycles. The molecule has 0 aliphatic rings. The van der Waals surface area contributed by atoms with Crippen LogP contribution in [0.1, 0.15) is 105 Å². The monoisotopic (exact) mass is 1020 g/mol. The van der Waals surface area contributed by atoms with Crippen molar-refractivity contribution in [1.29, 1.82) is 0 Å². The molecule has 0 bridgehead atoms. The summed E-state index contributed by atoms with van der Waals surface area (Å²) >= 11 is 0. The van der Waals surface area contributed by atoms with E-state index < -0.39 is 0 Å². The molecular weight excluding hydrogens is 964 g/mol. The van der Waals surface area contributed by atoms with E-state index in [0.717, 1.165) is 50.4 Å². The first kappa shape index (κ1) is 46.4. The van der Waals surface area contributed by atoms with Gasteiger partial charge in [0.25, 0.3) is 0 Å². The van der Waals surface area contributed by atoms with Gasteiger partial charge in [-0.1, -0.05) is 143 Å². The van der Waals surface area contributed by atoms with Crippen LogP contribution < -0.4 is 15.0 Å². The third-order valence-electron chi connectivity index (χ3n) is 12.0. The fraction of sp³-hybridized carbons (Fsp3) is 0.276. The Bertz CT molecular complexity index is 2950. The molecule has 0 aliphatic heterocycles. The predicted molar refractivity (Wildman–Crippen MR) is 267 cm³/mol. The average Bonchev–Trinajstić information content (AvgIpc) is 3.55. The van der Waals surface area contributed by atoms with Gasteiger partial charge in [0.2, 0.25) is 0 Å². The number of pyridine rings is 1. The number of hydrogen-bond acceptors (Lipinski definition) is 4. The largest absolute Gasteiger partial charge is 0.516 e. The molecule has 1 N–H and O–H groups in total. The van der Waals surface area contributed by atoms with Gasteiger partial charge < -0.3 is 19.5 Å². The van der Waals surface area contributed by atoms with E-state index >= 15 is 0 Å². The van der Waals surface area contributed by atoms with E-state index in [-0.39, 0.29) is 42.7 Å². The van der Waals surface area contributed by atoms with Crippen molar-refractivity contribution in [3.63, 3.8) is 0 Å². The predicted octanol–water partition coefficient (Wildman–Crippen LogP) is 16.1. The van der Waals surface area contributed by atoms with E-state index in [1.165, 1.54) is 33.4 Å². The maximum absolute atomic E-state index is 6.63. The SMILES string of the molecule is [CH2-]N(c1[c-]c(Oc2[c-]c3c(cc2)c2cc(C(C)(C)C)ccc2n3-c2cc(C(C)(C)C)ccn2)ccc1)c1ccc(C(C)(C)C)cc1Nc1cc(-c2ccccc2)cc(C(C)(C)C)c1.[Pt]. The third-order valence-corrected chi connectivity index (χ3v) is 12.0. The average molecular weight is 1030 g/mol. The Kier molecular flexibility index (Phi) is 12.6. The number of ether oxygens (including phenoxy) is 1. The van der Waals surface area contributed by atoms with Crippen molar-refractivity contribution < 1.29 is 25.8 Å². The van der Waals surface area contributed by atoms with E-state index in [9.17, 15) is 0 Å². The number of nitrogens with one attached hydrogen (secondary N) is 1. The molecule has 0 radical (unpaired) electrons. The minimum atomic E-state index is -0.0626. The van der Waals surface area contributed by atoms with Crippen molar-refractivity contribution >= 4 is 44.6 Å². The zero-order chi connectivity index (χ0) is 45.1. The summed E-state index contributed by atoms with van der Waals surface area (Å²) in [6.45, 7) is 27.0. The van der Waals surface area contributed by atoms with Gasteiger partial charge in [-0.3, -0.25) is 7.05 Å². The molecule has 0 fully saturated rings. The molecule has 0 amide bonds. The Morgan fingerprint density at radius 2 is 1.20 bits per heavy atom. The molecule has 64 heavy (non-hydrogen) atoms. The Labute approximate surface area is 396 Å². The van der Waals surface area contributed by atoms with Gasteiger partial charge in [0, 0.05) is 55.7 Å². The Balaban J connectivity index is 0.00000612. The van der Waals surface area contributed by atoms with E-state index in [4.69, 9.17) is 9.72 Å². The molecule has 0 saturated carbocycles. The molecule has 0 unspecified atom stereocenters. The van der Waals surface area contributed by atoms with Crippen LogP contribution in [-0.4, -0.2) is 9.55 Å². The second-order valence-corrected chi connectivity index (χ2v) is 21.0. The molecule has 8 aromatic rings. The maximum Gasteiger partial charge on any atom is 0.135 e. The first-order valence-electron chi connectivity index (χ1n) is 22.0. The summed E-state index contributed by atoms with van der Waals surface area (Å²) in [5.41, 5.74) is 12.8. The summed E-state index contributed by atoms with van der Waals surface area (Å²) in [5, 5.41) is 6.10. The topological polar surface area (TPSA) is 42.3 Å². The van der Waals surface area contributed by atoms with Crippen molar-refractivity contribution in [2.75, 3.05) is 10.2 Å². The number of hydrogen-bond donors (Lipinski definition) is 1. The number of anilines is 4. The van der Waals surface area contributed by atoms with Gasteiger partial charge in [-0.05, 0) is 103 Å². The third kappa shape index (κ3) is 9.71. The smallest absolute Gasteiger partial charge is 0.135 e. The summed E-state index contributed by atoms with van der Waals surface area (Å²) in [4.78, 5) is 6.83. The van der Waals surface area contributed by atoms with Crippen LogP contribution in [0.4, 0.5) is 22.7 Å². The first-order valence-corrected chi connectivity index (χ1v) is 22.0. The molecule has 8 rings (SSSR count). The minimum Gasteiger partial charge on any atom is -0.516 e. The molecule has 0 spiro atoms. The van der Waals surface area contributed by atoms with Crippen LogP contribution >= 0.6 is 0 Å². The van der Waals surface area contributed by atoms with Gasteiger partial charge in [-0.15, -0.1) is 41.4 Å². The van der Waals surface area contributed by atoms with Crippen molar-refractivity contribution in [3.8, 4) is 28.4 Å². The van der Waals surface area contributed by atoms with Crippen molar-refractivity contribution in [1.82, 2.24) is 9.55 Å². The van der Waals surface area contributed by atoms with E-state index in [0.29, 0.717) is 11.5 Å². The summed E-state index contributed by atoms with van der Waals surface area (Å²) in [6, 6.07) is 52.3. The Morgan fingerprint density at radius 1 is 0.562 bits per heavy atom. The molecule has 0 atom stereocenters. The van der Waals surface area contributed by atoms with Crippen molar-refractivity contribution in [2.45, 2.75) is 105 Å². The van der Waals surface area contributed by atoms with Crippen molar-refractivity contribution in [2.24, 2.45) is 0 Å². The van der Waals surface area contributed by atoms with Crippen molar-refractivity contribution in [3.05, 3.63) is 175 Å². The molecule has 5 nitrogen and oxygen atoms in total. The number of benzene rings is 6. The summed E-state index contributed by atoms with van der Waals surface area (Å²) < 4.78 is 8.85. The van der Waals surface area contributed by atoms with Crippen LogP contribution in [0.3, 0.4) is 0 Å². The number of rotatable bonds is 8. The molecular formula is C58H61N4OPt-3. The van der Waals surface area contributed by atoms with Gasteiger partial charge in [-0.25, -0.2) is 4.98 Å². The first-order chi connectivity index (χ1) is 29.6. The van der Waals surface area contributed by atoms with Crippen LogP contribution in [0.25, 0.3) is 38.8 Å². The van der Waals surface area contributed by atoms with Crippen LogP contribution in [-0.2, 0) is 42.7 Å². The van der Waals surface area contributed by atoms with E-state index in [1.807, 2.05) is 35.4 Å². The standard InChI is InChI=1S/C58H61N4O.Pt/c1-55(2,3)40-22-26-51-49(33-40)48-25-24-47(37-53(48)62(51)54-35-42(28-29-59-54)57(7,8)9)63-46-21-17-20-45(36-46)61(13)52-27-23-41(56(4,5)6)34-50(52)60-44-31-39(38-18-15-14-16-19-38)30-43(32-44)58(10,11)12;/h14-35,60H,13H2,1-12H3;/q-3;. The van der Waals surface area contributed by atoms with Crippen LogP contribution in [0.2, 0.25) is 0 Å². The molecule has 2 heterocycles. The number of aromatic nitrogens is 2. The van der Waals surface area contributed by atoms with Crippen LogP contribution in [0.15, 0.2) is 134 Å². The maximum atomic E-state index is 6.63. The van der Waals surface area contributed by atoms with Gasteiger partial charge in [0.05, 0.1) is 5.69 Å². The second kappa shape index (κ2) is 17.4. The zero-order valence-corrected chi connectivity index (χ0v) is 41.7. The summed E-state index contributed by atoms with van der Waals surface area (Å²) in [6.07, 6.45) is 1.91. The van der Waals surface area contributed by atoms with Gasteiger partial charge in [0.1, 0.15) is 5.82 Å². The summed E-state index contributed by atoms with van der Waals surface area (Å²) in [5.74, 6) is 2.00. The molecule has 0 aliphatic carbocycles. The van der Waals surface area contributed by atoms with Gasteiger partial charge >= 0.3 is 0 Å². The van der Waals surface area contributed by atoms with Crippen LogP contribution in [0.5, 0.6) is 11.5 Å². The fourth-order valence-corrected chi connectivity index (χ4v) is 8.02. The minimum absolute atomic E-state index is 0. The van der Waals surface area contributed by atoms with E-state index in [2.05, 4.69) is 215 Å². The number of fused-ring (bicyclic) bond motifs is 3. The van der Waals surface area contributed by atoms with E-state index in [1.54, 1.807) is 0 Å². The van der Waals surface area contributed by atoms with Gasteiger partial charge in [0.15, 0.2) is 0 Å².